The van der Waals surface area contributed by atoms with E-state index < -0.39 is 0 Å². The number of methoxy groups -OCH3 is 1. The minimum absolute atomic E-state index is 0.290. The first-order valence-corrected chi connectivity index (χ1v) is 8.39. The third-order valence-electron chi connectivity index (χ3n) is 4.03. The summed E-state index contributed by atoms with van der Waals surface area (Å²) in [5.41, 5.74) is 2.00. The lowest BCUT2D eigenvalue weighted by Crippen LogP contribution is -1.98. The quantitative estimate of drug-likeness (QED) is 0.519. The van der Waals surface area contributed by atoms with Crippen LogP contribution in [0.2, 0.25) is 0 Å². The van der Waals surface area contributed by atoms with E-state index in [0.29, 0.717) is 29.4 Å². The van der Waals surface area contributed by atoms with Crippen molar-refractivity contribution in [3.05, 3.63) is 54.3 Å². The minimum Gasteiger partial charge on any atom is -0.497 e. The first-order valence-electron chi connectivity index (χ1n) is 8.39. The van der Waals surface area contributed by atoms with Gasteiger partial charge in [0.2, 0.25) is 11.7 Å². The molecule has 0 radical (unpaired) electrons. The molecule has 27 heavy (non-hydrogen) atoms. The van der Waals surface area contributed by atoms with Crippen LogP contribution in [0.4, 0.5) is 4.39 Å². The van der Waals surface area contributed by atoms with Crippen LogP contribution in [-0.4, -0.2) is 28.8 Å². The van der Waals surface area contributed by atoms with E-state index in [0.717, 1.165) is 16.7 Å². The van der Waals surface area contributed by atoms with E-state index in [2.05, 4.69) is 15.1 Å². The van der Waals surface area contributed by atoms with Crippen molar-refractivity contribution in [1.82, 2.24) is 15.1 Å². The summed E-state index contributed by atoms with van der Waals surface area (Å²) in [6, 6.07) is 13.3. The predicted octanol–water partition coefficient (Wildman–Crippen LogP) is 4.50. The van der Waals surface area contributed by atoms with Crippen molar-refractivity contribution in [2.75, 3.05) is 13.7 Å². The van der Waals surface area contributed by atoms with Gasteiger partial charge in [-0.3, -0.25) is 0 Å². The van der Waals surface area contributed by atoms with E-state index in [-0.39, 0.29) is 11.7 Å². The highest BCUT2D eigenvalue weighted by Crippen LogP contribution is 2.32. The molecule has 0 bridgehead atoms. The van der Waals surface area contributed by atoms with Crippen molar-refractivity contribution in [2.45, 2.75) is 6.92 Å². The number of nitrogens with zero attached hydrogens (tertiary/aromatic N) is 3. The zero-order valence-electron chi connectivity index (χ0n) is 14.8. The van der Waals surface area contributed by atoms with Crippen LogP contribution < -0.4 is 9.47 Å². The molecule has 4 rings (SSSR count). The maximum atomic E-state index is 13.1. The molecule has 7 heteroatoms. The lowest BCUT2D eigenvalue weighted by molar-refractivity contribution is 0.329. The van der Waals surface area contributed by atoms with Crippen molar-refractivity contribution in [3.63, 3.8) is 0 Å². The number of benzene rings is 2. The van der Waals surface area contributed by atoms with Crippen LogP contribution in [-0.2, 0) is 0 Å². The molecule has 0 unspecified atom stereocenters. The van der Waals surface area contributed by atoms with Crippen molar-refractivity contribution in [1.29, 1.82) is 0 Å². The fourth-order valence-electron chi connectivity index (χ4n) is 2.71. The second-order valence-corrected chi connectivity index (χ2v) is 5.76. The van der Waals surface area contributed by atoms with Gasteiger partial charge in [0, 0.05) is 10.9 Å². The lowest BCUT2D eigenvalue weighted by atomic mass is 10.1. The largest absolute Gasteiger partial charge is 0.497 e. The van der Waals surface area contributed by atoms with Gasteiger partial charge in [0.15, 0.2) is 0 Å². The summed E-state index contributed by atoms with van der Waals surface area (Å²) in [4.78, 5) is 8.98. The molecule has 0 spiro atoms. The molecule has 0 aliphatic heterocycles. The van der Waals surface area contributed by atoms with Crippen molar-refractivity contribution in [2.24, 2.45) is 0 Å². The summed E-state index contributed by atoms with van der Waals surface area (Å²) < 4.78 is 29.4. The summed E-state index contributed by atoms with van der Waals surface area (Å²) in [6.45, 7) is 2.33. The summed E-state index contributed by atoms with van der Waals surface area (Å²) in [5, 5.41) is 4.91. The fourth-order valence-corrected chi connectivity index (χ4v) is 2.71. The Bertz CT molecular complexity index is 1090. The van der Waals surface area contributed by atoms with E-state index in [1.807, 2.05) is 31.2 Å². The number of ether oxygens (including phenoxy) is 2. The Hall–Kier alpha value is -3.48. The minimum atomic E-state index is -0.329. The Labute approximate surface area is 154 Å². The maximum Gasteiger partial charge on any atom is 0.258 e. The molecule has 0 amide bonds. The summed E-state index contributed by atoms with van der Waals surface area (Å²) >= 11 is 0. The van der Waals surface area contributed by atoms with Gasteiger partial charge in [-0.25, -0.2) is 9.37 Å². The Kier molecular flexibility index (Phi) is 4.42. The summed E-state index contributed by atoms with van der Waals surface area (Å²) in [7, 11) is 1.61. The van der Waals surface area contributed by atoms with Crippen molar-refractivity contribution in [3.8, 4) is 34.5 Å². The van der Waals surface area contributed by atoms with Gasteiger partial charge in [-0.05, 0) is 55.5 Å². The van der Waals surface area contributed by atoms with Crippen LogP contribution in [0.1, 0.15) is 6.92 Å². The third kappa shape index (κ3) is 3.31. The van der Waals surface area contributed by atoms with Gasteiger partial charge >= 0.3 is 0 Å². The van der Waals surface area contributed by atoms with Gasteiger partial charge in [0.25, 0.3) is 5.89 Å². The molecule has 136 valence electrons. The number of pyridine rings is 1. The normalized spacial score (nSPS) is 10.9. The van der Waals surface area contributed by atoms with Gasteiger partial charge in [-0.1, -0.05) is 5.16 Å². The van der Waals surface area contributed by atoms with E-state index >= 15 is 0 Å². The number of halogens is 1. The molecule has 0 atom stereocenters. The van der Waals surface area contributed by atoms with E-state index in [1.165, 1.54) is 12.1 Å². The number of aromatic nitrogens is 3. The highest BCUT2D eigenvalue weighted by Gasteiger charge is 2.17. The van der Waals surface area contributed by atoms with E-state index in [1.54, 1.807) is 19.2 Å². The lowest BCUT2D eigenvalue weighted by Gasteiger charge is -2.09. The van der Waals surface area contributed by atoms with Crippen LogP contribution in [0.15, 0.2) is 53.1 Å². The molecule has 4 aromatic rings. The van der Waals surface area contributed by atoms with Crippen molar-refractivity contribution >= 4 is 10.9 Å². The van der Waals surface area contributed by atoms with Crippen LogP contribution in [0.25, 0.3) is 33.7 Å². The standard InChI is InChI=1S/C20H16FN3O3/c1-3-26-20-16(11-13-10-15(25-2)8-9-17(13)22-20)18-23-19(27-24-18)12-4-6-14(21)7-5-12/h4-11H,3H2,1-2H3. The molecule has 2 aromatic carbocycles. The predicted molar refractivity (Wildman–Crippen MR) is 98.2 cm³/mol. The molecule has 0 aliphatic rings. The SMILES string of the molecule is CCOc1nc2ccc(OC)cc2cc1-c1noc(-c2ccc(F)cc2)n1. The molecular formula is C20H16FN3O3. The Balaban J connectivity index is 1.81. The summed E-state index contributed by atoms with van der Waals surface area (Å²) in [5.74, 6) is 1.44. The van der Waals surface area contributed by atoms with Crippen LogP contribution in [0.5, 0.6) is 11.6 Å². The number of hydrogen-bond acceptors (Lipinski definition) is 6. The highest BCUT2D eigenvalue weighted by molar-refractivity contribution is 5.86. The van der Waals surface area contributed by atoms with Gasteiger partial charge in [-0.2, -0.15) is 4.98 Å². The molecule has 6 nitrogen and oxygen atoms in total. The second kappa shape index (κ2) is 7.03. The third-order valence-corrected chi connectivity index (χ3v) is 4.03. The zero-order chi connectivity index (χ0) is 18.8. The van der Waals surface area contributed by atoms with Gasteiger partial charge in [0.1, 0.15) is 11.6 Å². The number of fused-ring (bicyclic) bond motifs is 1. The van der Waals surface area contributed by atoms with E-state index in [9.17, 15) is 4.39 Å². The Morgan fingerprint density at radius 3 is 2.59 bits per heavy atom. The molecule has 0 saturated heterocycles. The topological polar surface area (TPSA) is 70.3 Å². The van der Waals surface area contributed by atoms with Gasteiger partial charge < -0.3 is 14.0 Å². The fraction of sp³-hybridized carbons (Fsp3) is 0.150. The highest BCUT2D eigenvalue weighted by atomic mass is 19.1. The molecule has 0 saturated carbocycles. The van der Waals surface area contributed by atoms with Gasteiger partial charge in [0.05, 0.1) is 24.8 Å². The first kappa shape index (κ1) is 17.0. The Morgan fingerprint density at radius 1 is 1.04 bits per heavy atom. The molecule has 0 N–H and O–H groups in total. The maximum absolute atomic E-state index is 13.1. The first-order chi connectivity index (χ1) is 13.2. The van der Waals surface area contributed by atoms with Crippen molar-refractivity contribution < 1.29 is 18.4 Å². The molecule has 0 fully saturated rings. The Morgan fingerprint density at radius 2 is 1.85 bits per heavy atom. The second-order valence-electron chi connectivity index (χ2n) is 5.76. The van der Waals surface area contributed by atoms with Crippen LogP contribution in [0.3, 0.4) is 0 Å². The average molecular weight is 365 g/mol. The monoisotopic (exact) mass is 365 g/mol. The van der Waals surface area contributed by atoms with E-state index in [4.69, 9.17) is 14.0 Å². The zero-order valence-corrected chi connectivity index (χ0v) is 14.8. The molecular weight excluding hydrogens is 349 g/mol. The summed E-state index contributed by atoms with van der Waals surface area (Å²) in [6.07, 6.45) is 0. The smallest absolute Gasteiger partial charge is 0.258 e. The van der Waals surface area contributed by atoms with Gasteiger partial charge in [-0.15, -0.1) is 0 Å². The molecule has 2 aromatic heterocycles. The molecule has 2 heterocycles. The number of hydrogen-bond donors (Lipinski definition) is 0. The van der Waals surface area contributed by atoms with Crippen LogP contribution >= 0.6 is 0 Å². The molecule has 0 aliphatic carbocycles. The van der Waals surface area contributed by atoms with Crippen LogP contribution in [0, 0.1) is 5.82 Å². The number of rotatable bonds is 5. The average Bonchev–Trinajstić information content (AvgIpc) is 3.18.